The Labute approximate surface area is 134 Å². The second-order valence-electron chi connectivity index (χ2n) is 4.62. The first-order chi connectivity index (χ1) is 11.1. The van der Waals surface area contributed by atoms with Gasteiger partial charge in [0.25, 0.3) is 5.91 Å². The summed E-state index contributed by atoms with van der Waals surface area (Å²) in [6.07, 6.45) is 0. The summed E-state index contributed by atoms with van der Waals surface area (Å²) in [5.41, 5.74) is 0.921. The monoisotopic (exact) mass is 317 g/mol. The summed E-state index contributed by atoms with van der Waals surface area (Å²) in [6, 6.07) is 10.1. The SMILES string of the molecule is COc1cc(OC)cc(C(=O)Nc2cc(OC)ccc2OC)c1. The molecule has 0 saturated heterocycles. The van der Waals surface area contributed by atoms with Crippen molar-refractivity contribution in [3.05, 3.63) is 42.0 Å². The minimum atomic E-state index is -0.311. The Balaban J connectivity index is 2.32. The first-order valence-electron chi connectivity index (χ1n) is 6.87. The third-order valence-corrected chi connectivity index (χ3v) is 3.27. The van der Waals surface area contributed by atoms with E-state index in [0.717, 1.165) is 0 Å². The molecule has 0 spiro atoms. The lowest BCUT2D eigenvalue weighted by Gasteiger charge is -2.13. The molecule has 0 unspecified atom stereocenters. The smallest absolute Gasteiger partial charge is 0.256 e. The van der Waals surface area contributed by atoms with E-state index in [4.69, 9.17) is 18.9 Å². The predicted molar refractivity (Wildman–Crippen MR) is 87.0 cm³/mol. The lowest BCUT2D eigenvalue weighted by molar-refractivity contribution is 0.102. The Morgan fingerprint density at radius 1 is 0.783 bits per heavy atom. The molecule has 0 aromatic heterocycles. The number of nitrogens with one attached hydrogen (secondary N) is 1. The van der Waals surface area contributed by atoms with Gasteiger partial charge in [0, 0.05) is 17.7 Å². The molecule has 1 amide bonds. The molecule has 0 saturated carbocycles. The quantitative estimate of drug-likeness (QED) is 0.887. The highest BCUT2D eigenvalue weighted by Crippen LogP contribution is 2.30. The van der Waals surface area contributed by atoms with Crippen LogP contribution in [0.15, 0.2) is 36.4 Å². The van der Waals surface area contributed by atoms with Gasteiger partial charge in [-0.2, -0.15) is 0 Å². The molecule has 2 aromatic rings. The maximum atomic E-state index is 12.5. The molecule has 0 aliphatic heterocycles. The Bertz CT molecular complexity index is 677. The number of hydrogen-bond donors (Lipinski definition) is 1. The van der Waals surface area contributed by atoms with Gasteiger partial charge in [0.2, 0.25) is 0 Å². The third kappa shape index (κ3) is 3.85. The summed E-state index contributed by atoms with van der Waals surface area (Å²) in [5.74, 6) is 1.91. The number of ether oxygens (including phenoxy) is 4. The van der Waals surface area contributed by atoms with Crippen LogP contribution in [0.4, 0.5) is 5.69 Å². The highest BCUT2D eigenvalue weighted by Gasteiger charge is 2.13. The van der Waals surface area contributed by atoms with Crippen molar-refractivity contribution in [3.8, 4) is 23.0 Å². The van der Waals surface area contributed by atoms with Crippen LogP contribution >= 0.6 is 0 Å². The predicted octanol–water partition coefficient (Wildman–Crippen LogP) is 2.97. The summed E-state index contributed by atoms with van der Waals surface area (Å²) < 4.78 is 20.8. The number of rotatable bonds is 6. The molecule has 2 aromatic carbocycles. The van der Waals surface area contributed by atoms with Gasteiger partial charge < -0.3 is 24.3 Å². The van der Waals surface area contributed by atoms with Crippen LogP contribution in [0.2, 0.25) is 0 Å². The Morgan fingerprint density at radius 3 is 1.91 bits per heavy atom. The van der Waals surface area contributed by atoms with Gasteiger partial charge in [0.1, 0.15) is 23.0 Å². The topological polar surface area (TPSA) is 66.0 Å². The molecule has 1 N–H and O–H groups in total. The molecule has 0 aliphatic rings. The zero-order chi connectivity index (χ0) is 16.8. The average molecular weight is 317 g/mol. The van der Waals surface area contributed by atoms with Crippen molar-refractivity contribution in [1.82, 2.24) is 0 Å². The van der Waals surface area contributed by atoms with Gasteiger partial charge in [-0.15, -0.1) is 0 Å². The van der Waals surface area contributed by atoms with Crippen molar-refractivity contribution in [2.45, 2.75) is 0 Å². The van der Waals surface area contributed by atoms with Crippen LogP contribution in [0.5, 0.6) is 23.0 Å². The number of amides is 1. The minimum absolute atomic E-state index is 0.311. The van der Waals surface area contributed by atoms with E-state index in [9.17, 15) is 4.79 Å². The summed E-state index contributed by atoms with van der Waals surface area (Å²) in [4.78, 5) is 12.5. The number of hydrogen-bond acceptors (Lipinski definition) is 5. The molecular weight excluding hydrogens is 298 g/mol. The molecule has 2 rings (SSSR count). The summed E-state index contributed by atoms with van der Waals surface area (Å²) in [5, 5.41) is 2.80. The Morgan fingerprint density at radius 2 is 1.39 bits per heavy atom. The molecule has 0 heterocycles. The van der Waals surface area contributed by atoms with Crippen LogP contribution in [0.3, 0.4) is 0 Å². The summed E-state index contributed by atoms with van der Waals surface area (Å²) in [7, 11) is 6.15. The molecular formula is C17H19NO5. The lowest BCUT2D eigenvalue weighted by Crippen LogP contribution is -2.13. The highest BCUT2D eigenvalue weighted by molar-refractivity contribution is 6.05. The number of benzene rings is 2. The first-order valence-corrected chi connectivity index (χ1v) is 6.87. The van der Waals surface area contributed by atoms with Gasteiger partial charge in [-0.1, -0.05) is 0 Å². The summed E-state index contributed by atoms with van der Waals surface area (Å²) >= 11 is 0. The number of carbonyl (C=O) groups is 1. The fraction of sp³-hybridized carbons (Fsp3) is 0.235. The van der Waals surface area contributed by atoms with Crippen molar-refractivity contribution in [1.29, 1.82) is 0 Å². The van der Waals surface area contributed by atoms with E-state index in [2.05, 4.69) is 5.32 Å². The van der Waals surface area contributed by atoms with Crippen LogP contribution < -0.4 is 24.3 Å². The van der Waals surface area contributed by atoms with E-state index in [1.807, 2.05) is 0 Å². The average Bonchev–Trinajstić information content (AvgIpc) is 2.60. The maximum absolute atomic E-state index is 12.5. The standard InChI is InChI=1S/C17H19NO5/c1-20-12-5-6-16(23-4)15(10-12)18-17(19)11-7-13(21-2)9-14(8-11)22-3/h5-10H,1-4H3,(H,18,19). The fourth-order valence-corrected chi connectivity index (χ4v) is 2.04. The number of methoxy groups -OCH3 is 4. The van der Waals surface area contributed by atoms with Gasteiger partial charge in [0.05, 0.1) is 34.1 Å². The molecule has 23 heavy (non-hydrogen) atoms. The molecule has 0 aliphatic carbocycles. The molecule has 0 bridgehead atoms. The third-order valence-electron chi connectivity index (χ3n) is 3.27. The molecule has 0 radical (unpaired) electrons. The lowest BCUT2D eigenvalue weighted by atomic mass is 10.1. The van der Waals surface area contributed by atoms with Gasteiger partial charge in [-0.3, -0.25) is 4.79 Å². The first kappa shape index (κ1) is 16.5. The zero-order valence-corrected chi connectivity index (χ0v) is 13.5. The second kappa shape index (κ2) is 7.40. The van der Waals surface area contributed by atoms with E-state index >= 15 is 0 Å². The normalized spacial score (nSPS) is 9.91. The van der Waals surface area contributed by atoms with E-state index in [1.54, 1.807) is 43.5 Å². The van der Waals surface area contributed by atoms with Gasteiger partial charge >= 0.3 is 0 Å². The summed E-state index contributed by atoms with van der Waals surface area (Å²) in [6.45, 7) is 0. The minimum Gasteiger partial charge on any atom is -0.497 e. The largest absolute Gasteiger partial charge is 0.497 e. The van der Waals surface area contributed by atoms with Gasteiger partial charge in [-0.25, -0.2) is 0 Å². The van der Waals surface area contributed by atoms with Crippen LogP contribution in [0, 0.1) is 0 Å². The van der Waals surface area contributed by atoms with Crippen LogP contribution in [0.25, 0.3) is 0 Å². The van der Waals surface area contributed by atoms with Crippen molar-refractivity contribution in [2.24, 2.45) is 0 Å². The molecule has 0 fully saturated rings. The Kier molecular flexibility index (Phi) is 5.30. The van der Waals surface area contributed by atoms with Gasteiger partial charge in [-0.05, 0) is 24.3 Å². The Hall–Kier alpha value is -2.89. The molecule has 6 nitrogen and oxygen atoms in total. The van der Waals surface area contributed by atoms with E-state index in [1.165, 1.54) is 21.3 Å². The van der Waals surface area contributed by atoms with Crippen molar-refractivity contribution in [3.63, 3.8) is 0 Å². The maximum Gasteiger partial charge on any atom is 0.256 e. The van der Waals surface area contributed by atoms with Crippen molar-refractivity contribution in [2.75, 3.05) is 33.8 Å². The van der Waals surface area contributed by atoms with E-state index in [-0.39, 0.29) is 5.91 Å². The molecule has 0 atom stereocenters. The second-order valence-corrected chi connectivity index (χ2v) is 4.62. The molecule has 6 heteroatoms. The van der Waals surface area contributed by atoms with Crippen LogP contribution in [-0.4, -0.2) is 34.3 Å². The van der Waals surface area contributed by atoms with E-state index < -0.39 is 0 Å². The molecule has 122 valence electrons. The van der Waals surface area contributed by atoms with Crippen molar-refractivity contribution < 1.29 is 23.7 Å². The van der Waals surface area contributed by atoms with Crippen LogP contribution in [0.1, 0.15) is 10.4 Å². The number of anilines is 1. The van der Waals surface area contributed by atoms with Gasteiger partial charge in [0.15, 0.2) is 0 Å². The number of carbonyl (C=O) groups excluding carboxylic acids is 1. The fourth-order valence-electron chi connectivity index (χ4n) is 2.04. The van der Waals surface area contributed by atoms with E-state index in [0.29, 0.717) is 34.2 Å². The highest BCUT2D eigenvalue weighted by atomic mass is 16.5. The van der Waals surface area contributed by atoms with Crippen LogP contribution in [-0.2, 0) is 0 Å². The van der Waals surface area contributed by atoms with Crippen molar-refractivity contribution >= 4 is 11.6 Å². The zero-order valence-electron chi connectivity index (χ0n) is 13.5.